The summed E-state index contributed by atoms with van der Waals surface area (Å²) in [5.74, 6) is -0.191. The maximum Gasteiger partial charge on any atom is 0.322 e. The van der Waals surface area contributed by atoms with Crippen LogP contribution in [0, 0.1) is 0 Å². The smallest absolute Gasteiger partial charge is 0.322 e. The molecule has 0 spiro atoms. The Morgan fingerprint density at radius 3 is 2.53 bits per heavy atom. The van der Waals surface area contributed by atoms with Gasteiger partial charge in [-0.25, -0.2) is 9.78 Å². The van der Waals surface area contributed by atoms with Crippen LogP contribution < -0.4 is 10.6 Å². The molecule has 0 saturated carbocycles. The number of anilines is 1. The van der Waals surface area contributed by atoms with Crippen LogP contribution in [0.1, 0.15) is 47.9 Å². The molecule has 198 valence electrons. The Balaban J connectivity index is 1.35. The third kappa shape index (κ3) is 6.64. The first kappa shape index (κ1) is 27.4. The minimum Gasteiger partial charge on any atom is -0.387 e. The average Bonchev–Trinajstić information content (AvgIpc) is 3.40. The fourth-order valence-corrected chi connectivity index (χ4v) is 4.26. The lowest BCUT2D eigenvalue weighted by Crippen LogP contribution is -2.43. The lowest BCUT2D eigenvalue weighted by Gasteiger charge is -2.31. The highest BCUT2D eigenvalue weighted by atomic mass is 35.5. The van der Waals surface area contributed by atoms with E-state index in [-0.39, 0.29) is 24.5 Å². The van der Waals surface area contributed by atoms with Gasteiger partial charge in [0.1, 0.15) is 0 Å². The van der Waals surface area contributed by atoms with E-state index in [1.165, 1.54) is 0 Å². The summed E-state index contributed by atoms with van der Waals surface area (Å²) in [4.78, 5) is 34.4. The molecule has 0 fully saturated rings. The number of rotatable bonds is 9. The number of fused-ring (bicyclic) bond motifs is 1. The number of aliphatic hydroxyl groups excluding tert-OH is 1. The molecule has 0 bridgehead atoms. The summed E-state index contributed by atoms with van der Waals surface area (Å²) < 4.78 is 0. The average molecular weight is 554 g/mol. The van der Waals surface area contributed by atoms with Crippen molar-refractivity contribution in [1.29, 1.82) is 0 Å². The van der Waals surface area contributed by atoms with Gasteiger partial charge in [-0.3, -0.25) is 4.79 Å². The molecule has 0 saturated heterocycles. The van der Waals surface area contributed by atoms with Gasteiger partial charge in [0.25, 0.3) is 5.91 Å². The minimum absolute atomic E-state index is 0.0905. The number of imidazole rings is 1. The van der Waals surface area contributed by atoms with Gasteiger partial charge in [0.15, 0.2) is 0 Å². The van der Waals surface area contributed by atoms with Crippen LogP contribution in [-0.2, 0) is 6.54 Å². The first-order valence-electron chi connectivity index (χ1n) is 12.3. The van der Waals surface area contributed by atoms with Crippen LogP contribution in [0.3, 0.4) is 0 Å². The second-order valence-corrected chi connectivity index (χ2v) is 9.86. The molecule has 8 nitrogen and oxygen atoms in total. The largest absolute Gasteiger partial charge is 0.387 e. The summed E-state index contributed by atoms with van der Waals surface area (Å²) in [5, 5.41) is 17.3. The summed E-state index contributed by atoms with van der Waals surface area (Å²) in [5.41, 5.74) is 4.21. The van der Waals surface area contributed by atoms with E-state index in [0.29, 0.717) is 39.8 Å². The van der Waals surface area contributed by atoms with Gasteiger partial charge in [-0.2, -0.15) is 0 Å². The van der Waals surface area contributed by atoms with E-state index in [2.05, 4.69) is 20.6 Å². The number of nitrogens with zero attached hydrogens (tertiary/aromatic N) is 2. The molecule has 4 N–H and O–H groups in total. The maximum atomic E-state index is 13.1. The minimum atomic E-state index is -0.926. The monoisotopic (exact) mass is 553 g/mol. The lowest BCUT2D eigenvalue weighted by molar-refractivity contribution is 0.0951. The summed E-state index contributed by atoms with van der Waals surface area (Å²) >= 11 is 12.1. The Labute approximate surface area is 231 Å². The van der Waals surface area contributed by atoms with Gasteiger partial charge < -0.3 is 25.6 Å². The third-order valence-electron chi connectivity index (χ3n) is 6.42. The molecule has 4 rings (SSSR count). The molecule has 2 atom stereocenters. The first-order chi connectivity index (χ1) is 18.2. The van der Waals surface area contributed by atoms with E-state index in [4.69, 9.17) is 23.2 Å². The zero-order valence-corrected chi connectivity index (χ0v) is 22.6. The number of carbonyl (C=O) groups excluding carboxylic acids is 2. The fraction of sp³-hybridized carbons (Fsp3) is 0.250. The standard InChI is InChI=1S/C28H29Cl2N5O3/c1-3-17(2)35(15-26(36)19-6-10-22(29)23(30)12-19)28(38)34-21-8-4-18(5-9-21)14-31-27(37)20-7-11-24-25(13-20)33-16-32-24/h4-13,16-17,26,36H,3,14-15H2,1-2H3,(H,31,37)(H,32,33)(H,34,38)/t17-,26-/m1/s1. The maximum absolute atomic E-state index is 13.1. The Morgan fingerprint density at radius 1 is 1.05 bits per heavy atom. The zero-order valence-electron chi connectivity index (χ0n) is 21.0. The van der Waals surface area contributed by atoms with Crippen LogP contribution in [0.5, 0.6) is 0 Å². The molecule has 1 aromatic heterocycles. The molecule has 10 heteroatoms. The van der Waals surface area contributed by atoms with Crippen LogP contribution in [0.15, 0.2) is 67.0 Å². The number of nitrogens with one attached hydrogen (secondary N) is 3. The van der Waals surface area contributed by atoms with Crippen molar-refractivity contribution in [2.24, 2.45) is 0 Å². The Kier molecular flexibility index (Phi) is 8.89. The second-order valence-electron chi connectivity index (χ2n) is 9.04. The summed E-state index contributed by atoms with van der Waals surface area (Å²) in [7, 11) is 0. The van der Waals surface area contributed by atoms with Gasteiger partial charge in [-0.1, -0.05) is 48.3 Å². The predicted molar refractivity (Wildman–Crippen MR) is 151 cm³/mol. The summed E-state index contributed by atoms with van der Waals surface area (Å²) in [6.45, 7) is 4.33. The van der Waals surface area contributed by atoms with E-state index >= 15 is 0 Å². The molecule has 3 amide bonds. The number of halogens is 2. The first-order valence-corrected chi connectivity index (χ1v) is 13.0. The van der Waals surface area contributed by atoms with Gasteiger partial charge in [0.05, 0.1) is 40.1 Å². The highest BCUT2D eigenvalue weighted by Crippen LogP contribution is 2.27. The van der Waals surface area contributed by atoms with Crippen LogP contribution in [0.4, 0.5) is 10.5 Å². The Hall–Kier alpha value is -3.59. The molecular weight excluding hydrogens is 525 g/mol. The Morgan fingerprint density at radius 2 is 1.82 bits per heavy atom. The van der Waals surface area contributed by atoms with Crippen LogP contribution >= 0.6 is 23.2 Å². The van der Waals surface area contributed by atoms with Gasteiger partial charge in [0.2, 0.25) is 0 Å². The molecule has 0 aliphatic heterocycles. The molecule has 0 radical (unpaired) electrons. The van der Waals surface area contributed by atoms with E-state index in [0.717, 1.165) is 16.6 Å². The second kappa shape index (κ2) is 12.3. The van der Waals surface area contributed by atoms with Gasteiger partial charge in [-0.05, 0) is 66.9 Å². The van der Waals surface area contributed by atoms with E-state index in [9.17, 15) is 14.7 Å². The van der Waals surface area contributed by atoms with Gasteiger partial charge in [-0.15, -0.1) is 0 Å². The lowest BCUT2D eigenvalue weighted by atomic mass is 10.1. The summed E-state index contributed by atoms with van der Waals surface area (Å²) in [6.07, 6.45) is 1.38. The number of aromatic amines is 1. The number of amides is 3. The summed E-state index contributed by atoms with van der Waals surface area (Å²) in [6, 6.07) is 17.0. The zero-order chi connectivity index (χ0) is 27.2. The molecule has 1 heterocycles. The van der Waals surface area contributed by atoms with Crippen molar-refractivity contribution in [3.63, 3.8) is 0 Å². The molecule has 0 unspecified atom stereocenters. The van der Waals surface area contributed by atoms with Crippen molar-refractivity contribution in [3.05, 3.63) is 93.7 Å². The normalized spacial score (nSPS) is 12.7. The molecule has 38 heavy (non-hydrogen) atoms. The number of aliphatic hydroxyl groups is 1. The van der Waals surface area contributed by atoms with Crippen molar-refractivity contribution in [2.45, 2.75) is 39.0 Å². The van der Waals surface area contributed by atoms with Gasteiger partial charge in [0, 0.05) is 23.8 Å². The van der Waals surface area contributed by atoms with E-state index < -0.39 is 6.10 Å². The van der Waals surface area contributed by atoms with E-state index in [1.807, 2.05) is 26.0 Å². The third-order valence-corrected chi connectivity index (χ3v) is 7.16. The van der Waals surface area contributed by atoms with Crippen LogP contribution in [0.2, 0.25) is 10.0 Å². The number of hydrogen-bond acceptors (Lipinski definition) is 4. The van der Waals surface area contributed by atoms with Crippen LogP contribution in [0.25, 0.3) is 11.0 Å². The molecular formula is C28H29Cl2N5O3. The SMILES string of the molecule is CC[C@@H](C)N(C[C@@H](O)c1ccc(Cl)c(Cl)c1)C(=O)Nc1ccc(CNC(=O)c2ccc3nc[nH]c3c2)cc1. The topological polar surface area (TPSA) is 110 Å². The number of hydrogen-bond donors (Lipinski definition) is 4. The predicted octanol–water partition coefficient (Wildman–Crippen LogP) is 6.17. The Bertz CT molecular complexity index is 1420. The van der Waals surface area contributed by atoms with Crippen molar-refractivity contribution in [1.82, 2.24) is 20.2 Å². The number of urea groups is 1. The highest BCUT2D eigenvalue weighted by molar-refractivity contribution is 6.42. The molecule has 0 aliphatic carbocycles. The van der Waals surface area contributed by atoms with Crippen molar-refractivity contribution in [3.8, 4) is 0 Å². The molecule has 0 aliphatic rings. The number of carbonyl (C=O) groups is 2. The fourth-order valence-electron chi connectivity index (χ4n) is 3.96. The highest BCUT2D eigenvalue weighted by Gasteiger charge is 2.23. The van der Waals surface area contributed by atoms with E-state index in [1.54, 1.807) is 59.8 Å². The van der Waals surface area contributed by atoms with Crippen LogP contribution in [-0.4, -0.2) is 44.5 Å². The van der Waals surface area contributed by atoms with Gasteiger partial charge >= 0.3 is 6.03 Å². The molecule has 3 aromatic carbocycles. The number of benzene rings is 3. The number of H-pyrrole nitrogens is 1. The van der Waals surface area contributed by atoms with Crippen molar-refractivity contribution < 1.29 is 14.7 Å². The number of aromatic nitrogens is 2. The molecule has 4 aromatic rings. The van der Waals surface area contributed by atoms with Crippen molar-refractivity contribution in [2.75, 3.05) is 11.9 Å². The quantitative estimate of drug-likeness (QED) is 0.199. The van der Waals surface area contributed by atoms with Crippen molar-refractivity contribution >= 4 is 51.9 Å².